The maximum atomic E-state index is 11.1. The molecule has 4 nitrogen and oxygen atoms in total. The molecular formula is C12H14INO3. The van der Waals surface area contributed by atoms with Crippen LogP contribution in [0.4, 0.5) is 0 Å². The Labute approximate surface area is 113 Å². The van der Waals surface area contributed by atoms with Crippen LogP contribution < -0.4 is 5.32 Å². The number of carboxylic acid groups (broad SMARTS) is 1. The number of aliphatic carboxylic acids is 1. The third-order valence-corrected chi connectivity index (χ3v) is 3.11. The van der Waals surface area contributed by atoms with Gasteiger partial charge in [0, 0.05) is 0 Å². The molecule has 0 bridgehead atoms. The molecule has 1 rings (SSSR count). The van der Waals surface area contributed by atoms with Gasteiger partial charge in [0.15, 0.2) is 0 Å². The lowest BCUT2D eigenvalue weighted by atomic mass is 10.1. The van der Waals surface area contributed by atoms with Crippen LogP contribution in [0.5, 0.6) is 5.75 Å². The van der Waals surface area contributed by atoms with Crippen molar-refractivity contribution in [2.24, 2.45) is 0 Å². The zero-order valence-electron chi connectivity index (χ0n) is 9.14. The number of carboxylic acids is 1. The van der Waals surface area contributed by atoms with Crippen molar-refractivity contribution in [3.05, 3.63) is 42.5 Å². The van der Waals surface area contributed by atoms with Gasteiger partial charge in [-0.1, -0.05) is 40.8 Å². The number of alkyl halides is 1. The molecule has 1 aromatic carbocycles. The van der Waals surface area contributed by atoms with Gasteiger partial charge in [0.1, 0.15) is 11.8 Å². The van der Waals surface area contributed by atoms with Crippen LogP contribution in [-0.4, -0.2) is 26.3 Å². The highest BCUT2D eigenvalue weighted by Crippen LogP contribution is 2.12. The number of hydrogen-bond acceptors (Lipinski definition) is 3. The van der Waals surface area contributed by atoms with Crippen LogP contribution >= 0.6 is 22.6 Å². The van der Waals surface area contributed by atoms with Crippen molar-refractivity contribution in [2.75, 3.05) is 0 Å². The largest absolute Gasteiger partial charge is 0.508 e. The Morgan fingerprint density at radius 3 is 2.53 bits per heavy atom. The van der Waals surface area contributed by atoms with Crippen molar-refractivity contribution in [3.8, 4) is 5.75 Å². The molecule has 0 aliphatic rings. The van der Waals surface area contributed by atoms with E-state index in [1.807, 2.05) is 0 Å². The van der Waals surface area contributed by atoms with Gasteiger partial charge in [0.25, 0.3) is 0 Å². The van der Waals surface area contributed by atoms with Gasteiger partial charge >= 0.3 is 5.97 Å². The van der Waals surface area contributed by atoms with Gasteiger partial charge in [-0.05, 0) is 24.1 Å². The molecule has 2 atom stereocenters. The molecule has 1 aromatic rings. The molecule has 0 aliphatic carbocycles. The first-order valence-electron chi connectivity index (χ1n) is 5.06. The first kappa shape index (κ1) is 14.0. The van der Waals surface area contributed by atoms with E-state index in [2.05, 4.69) is 34.5 Å². The summed E-state index contributed by atoms with van der Waals surface area (Å²) in [5, 5.41) is 21.2. The number of benzene rings is 1. The number of carbonyl (C=O) groups is 1. The van der Waals surface area contributed by atoms with Crippen LogP contribution in [0.1, 0.15) is 5.56 Å². The molecule has 0 heterocycles. The molecule has 0 radical (unpaired) electrons. The van der Waals surface area contributed by atoms with Gasteiger partial charge in [-0.15, -0.1) is 6.58 Å². The Morgan fingerprint density at radius 2 is 2.06 bits per heavy atom. The highest BCUT2D eigenvalue weighted by molar-refractivity contribution is 14.1. The summed E-state index contributed by atoms with van der Waals surface area (Å²) < 4.78 is -0.0918. The molecular weight excluding hydrogens is 333 g/mol. The fourth-order valence-corrected chi connectivity index (χ4v) is 1.78. The molecule has 0 saturated heterocycles. The SMILES string of the molecule is C=CC(I)N[C@@H](Cc1ccc(O)cc1)C(=O)O. The summed E-state index contributed by atoms with van der Waals surface area (Å²) >= 11 is 2.07. The zero-order chi connectivity index (χ0) is 12.8. The molecule has 0 amide bonds. The van der Waals surface area contributed by atoms with E-state index in [0.717, 1.165) is 5.56 Å². The summed E-state index contributed by atoms with van der Waals surface area (Å²) in [6, 6.07) is 5.85. The lowest BCUT2D eigenvalue weighted by Gasteiger charge is -2.16. The molecule has 17 heavy (non-hydrogen) atoms. The lowest BCUT2D eigenvalue weighted by molar-refractivity contribution is -0.139. The molecule has 0 fully saturated rings. The van der Waals surface area contributed by atoms with Crippen LogP contribution in [0.25, 0.3) is 0 Å². The summed E-state index contributed by atoms with van der Waals surface area (Å²) in [7, 11) is 0. The van der Waals surface area contributed by atoms with Crippen LogP contribution in [0, 0.1) is 0 Å². The second-order valence-electron chi connectivity index (χ2n) is 3.57. The third-order valence-electron chi connectivity index (χ3n) is 2.24. The highest BCUT2D eigenvalue weighted by Gasteiger charge is 2.19. The fraction of sp³-hybridized carbons (Fsp3) is 0.250. The number of rotatable bonds is 6. The van der Waals surface area contributed by atoms with E-state index >= 15 is 0 Å². The van der Waals surface area contributed by atoms with Crippen molar-refractivity contribution in [2.45, 2.75) is 16.5 Å². The topological polar surface area (TPSA) is 69.6 Å². The normalized spacial score (nSPS) is 13.9. The van der Waals surface area contributed by atoms with Gasteiger partial charge in [-0.2, -0.15) is 0 Å². The number of nitrogens with one attached hydrogen (secondary N) is 1. The predicted octanol–water partition coefficient (Wildman–Crippen LogP) is 1.92. The predicted molar refractivity (Wildman–Crippen MR) is 74.4 cm³/mol. The smallest absolute Gasteiger partial charge is 0.321 e. The van der Waals surface area contributed by atoms with E-state index in [1.165, 1.54) is 0 Å². The average molecular weight is 347 g/mol. The minimum Gasteiger partial charge on any atom is -0.508 e. The zero-order valence-corrected chi connectivity index (χ0v) is 11.3. The van der Waals surface area contributed by atoms with Crippen LogP contribution in [-0.2, 0) is 11.2 Å². The standard InChI is InChI=1S/C12H14INO3/c1-2-11(13)14-10(12(16)17)7-8-3-5-9(15)6-4-8/h2-6,10-11,14-15H,1,7H2,(H,16,17)/t10-,11?/m0/s1. The van der Waals surface area contributed by atoms with Crippen LogP contribution in [0.2, 0.25) is 0 Å². The first-order chi connectivity index (χ1) is 8.02. The lowest BCUT2D eigenvalue weighted by Crippen LogP contribution is -2.41. The van der Waals surface area contributed by atoms with Gasteiger partial charge in [-0.25, -0.2) is 0 Å². The molecule has 0 aromatic heterocycles. The van der Waals surface area contributed by atoms with Gasteiger partial charge < -0.3 is 10.2 Å². The quantitative estimate of drug-likeness (QED) is 0.318. The van der Waals surface area contributed by atoms with Gasteiger partial charge in [-0.3, -0.25) is 10.1 Å². The number of aromatic hydroxyl groups is 1. The van der Waals surface area contributed by atoms with Crippen molar-refractivity contribution in [3.63, 3.8) is 0 Å². The van der Waals surface area contributed by atoms with Gasteiger partial charge in [0.2, 0.25) is 0 Å². The fourth-order valence-electron chi connectivity index (χ4n) is 1.35. The number of hydrogen-bond donors (Lipinski definition) is 3. The van der Waals surface area contributed by atoms with Crippen molar-refractivity contribution in [1.29, 1.82) is 0 Å². The molecule has 3 N–H and O–H groups in total. The van der Waals surface area contributed by atoms with E-state index in [1.54, 1.807) is 30.3 Å². The van der Waals surface area contributed by atoms with Crippen LogP contribution in [0.3, 0.4) is 0 Å². The number of phenolic OH excluding ortho intramolecular Hbond substituents is 1. The molecule has 0 spiro atoms. The summed E-state index contributed by atoms with van der Waals surface area (Å²) in [5.74, 6) is -0.729. The Hall–Kier alpha value is -1.08. The van der Waals surface area contributed by atoms with E-state index < -0.39 is 12.0 Å². The maximum absolute atomic E-state index is 11.1. The van der Waals surface area contributed by atoms with E-state index in [0.29, 0.717) is 6.42 Å². The molecule has 5 heteroatoms. The number of phenols is 1. The maximum Gasteiger partial charge on any atom is 0.321 e. The van der Waals surface area contributed by atoms with E-state index in [-0.39, 0.29) is 9.80 Å². The van der Waals surface area contributed by atoms with Crippen LogP contribution in [0.15, 0.2) is 36.9 Å². The second-order valence-corrected chi connectivity index (χ2v) is 4.91. The second kappa shape index (κ2) is 6.61. The molecule has 0 aliphatic heterocycles. The Bertz CT molecular complexity index is 391. The highest BCUT2D eigenvalue weighted by atomic mass is 127. The monoisotopic (exact) mass is 347 g/mol. The number of halogens is 1. The minimum atomic E-state index is -0.901. The Morgan fingerprint density at radius 1 is 1.47 bits per heavy atom. The minimum absolute atomic E-state index is 0.0918. The molecule has 1 unspecified atom stereocenters. The Kier molecular flexibility index (Phi) is 5.43. The van der Waals surface area contributed by atoms with Crippen molar-refractivity contribution < 1.29 is 15.0 Å². The van der Waals surface area contributed by atoms with Crippen molar-refractivity contribution in [1.82, 2.24) is 5.32 Å². The summed E-state index contributed by atoms with van der Waals surface area (Å²) in [6.45, 7) is 3.60. The molecule has 0 saturated carbocycles. The molecule has 92 valence electrons. The summed E-state index contributed by atoms with van der Waals surface area (Å²) in [6.07, 6.45) is 2.01. The Balaban J connectivity index is 2.69. The summed E-state index contributed by atoms with van der Waals surface area (Å²) in [4.78, 5) is 11.1. The average Bonchev–Trinajstić information content (AvgIpc) is 2.30. The third kappa shape index (κ3) is 4.74. The first-order valence-corrected chi connectivity index (χ1v) is 6.31. The van der Waals surface area contributed by atoms with Gasteiger partial charge in [0.05, 0.1) is 4.05 Å². The van der Waals surface area contributed by atoms with E-state index in [4.69, 9.17) is 10.2 Å². The van der Waals surface area contributed by atoms with Crippen molar-refractivity contribution >= 4 is 28.6 Å². The van der Waals surface area contributed by atoms with E-state index in [9.17, 15) is 4.79 Å². The summed E-state index contributed by atoms with van der Waals surface area (Å²) in [5.41, 5.74) is 0.857.